The van der Waals surface area contributed by atoms with Gasteiger partial charge in [-0.25, -0.2) is 4.39 Å². The van der Waals surface area contributed by atoms with Gasteiger partial charge in [0.2, 0.25) is 0 Å². The number of benzene rings is 2. The molecule has 0 fully saturated rings. The molecule has 0 aliphatic rings. The van der Waals surface area contributed by atoms with Crippen LogP contribution in [0.5, 0.6) is 11.5 Å². The highest BCUT2D eigenvalue weighted by atomic mass is 19.4. The van der Waals surface area contributed by atoms with Crippen molar-refractivity contribution in [1.29, 1.82) is 0 Å². The minimum absolute atomic E-state index is 0.0844. The normalized spacial score (nSPS) is 11.9. The molecule has 28 heavy (non-hydrogen) atoms. The Morgan fingerprint density at radius 2 is 1.61 bits per heavy atom. The molecular weight excluding hydrogens is 378 g/mol. The van der Waals surface area contributed by atoms with E-state index in [0.29, 0.717) is 24.1 Å². The smallest absolute Gasteiger partial charge is 0.416 e. The van der Waals surface area contributed by atoms with Gasteiger partial charge in [-0.05, 0) is 29.8 Å². The molecule has 0 aliphatic heterocycles. The molecule has 0 saturated carbocycles. The average molecular weight is 399 g/mol. The summed E-state index contributed by atoms with van der Waals surface area (Å²) in [5.41, 5.74) is -0.296. The minimum Gasteiger partial charge on any atom is -0.497 e. The largest absolute Gasteiger partial charge is 0.497 e. The number of guanidine groups is 1. The number of nitrogens with one attached hydrogen (secondary N) is 2. The molecule has 9 heteroatoms. The highest BCUT2D eigenvalue weighted by molar-refractivity contribution is 5.79. The fourth-order valence-electron chi connectivity index (χ4n) is 2.54. The van der Waals surface area contributed by atoms with E-state index in [1.807, 2.05) is 0 Å². The van der Waals surface area contributed by atoms with Crippen LogP contribution in [0.1, 0.15) is 16.7 Å². The standard InChI is InChI=1S/C19H21F4N3O2/c1-24-18(26-11-13-5-7-15(27-2)9-17(13)28-3)25-10-12-4-6-14(20)8-16(12)19(21,22)23/h4-9H,10-11H2,1-3H3,(H2,24,25,26). The summed E-state index contributed by atoms with van der Waals surface area (Å²) in [5, 5.41) is 5.80. The Morgan fingerprint density at radius 1 is 0.964 bits per heavy atom. The van der Waals surface area contributed by atoms with Crippen molar-refractivity contribution in [3.05, 3.63) is 58.9 Å². The molecule has 2 N–H and O–H groups in total. The summed E-state index contributed by atoms with van der Waals surface area (Å²) in [5.74, 6) is 0.583. The van der Waals surface area contributed by atoms with Gasteiger partial charge in [-0.15, -0.1) is 0 Å². The van der Waals surface area contributed by atoms with Crippen LogP contribution in [-0.4, -0.2) is 27.2 Å². The Bertz CT molecular complexity index is 838. The van der Waals surface area contributed by atoms with Gasteiger partial charge in [0.1, 0.15) is 17.3 Å². The minimum atomic E-state index is -4.65. The fourth-order valence-corrected chi connectivity index (χ4v) is 2.54. The molecule has 0 bridgehead atoms. The lowest BCUT2D eigenvalue weighted by molar-refractivity contribution is -0.138. The quantitative estimate of drug-likeness (QED) is 0.442. The van der Waals surface area contributed by atoms with Gasteiger partial charge < -0.3 is 20.1 Å². The molecule has 0 heterocycles. The molecule has 2 aromatic rings. The van der Waals surface area contributed by atoms with Crippen LogP contribution >= 0.6 is 0 Å². The number of ether oxygens (including phenoxy) is 2. The van der Waals surface area contributed by atoms with E-state index in [1.54, 1.807) is 25.3 Å². The lowest BCUT2D eigenvalue weighted by Crippen LogP contribution is -2.36. The van der Waals surface area contributed by atoms with Crippen LogP contribution in [0, 0.1) is 5.82 Å². The first-order valence-corrected chi connectivity index (χ1v) is 8.29. The molecule has 0 atom stereocenters. The topological polar surface area (TPSA) is 54.9 Å². The number of alkyl halides is 3. The van der Waals surface area contributed by atoms with Gasteiger partial charge >= 0.3 is 6.18 Å². The number of rotatable bonds is 6. The van der Waals surface area contributed by atoms with Crippen molar-refractivity contribution in [2.75, 3.05) is 21.3 Å². The number of hydrogen-bond donors (Lipinski definition) is 2. The number of nitrogens with zero attached hydrogens (tertiary/aromatic N) is 1. The van der Waals surface area contributed by atoms with Crippen LogP contribution in [0.4, 0.5) is 17.6 Å². The van der Waals surface area contributed by atoms with Crippen LogP contribution in [0.15, 0.2) is 41.4 Å². The number of hydrogen-bond acceptors (Lipinski definition) is 3. The zero-order chi connectivity index (χ0) is 20.7. The number of methoxy groups -OCH3 is 2. The molecule has 0 spiro atoms. The van der Waals surface area contributed by atoms with Crippen LogP contribution in [0.25, 0.3) is 0 Å². The highest BCUT2D eigenvalue weighted by Gasteiger charge is 2.33. The average Bonchev–Trinajstić information content (AvgIpc) is 2.68. The van der Waals surface area contributed by atoms with E-state index in [-0.39, 0.29) is 18.1 Å². The second kappa shape index (κ2) is 9.29. The van der Waals surface area contributed by atoms with Gasteiger partial charge in [0.15, 0.2) is 5.96 Å². The third-order valence-corrected chi connectivity index (χ3v) is 3.99. The van der Waals surface area contributed by atoms with Gasteiger partial charge in [0.05, 0.1) is 19.8 Å². The maximum absolute atomic E-state index is 13.2. The van der Waals surface area contributed by atoms with Crippen molar-refractivity contribution in [2.45, 2.75) is 19.3 Å². The van der Waals surface area contributed by atoms with Gasteiger partial charge in [-0.2, -0.15) is 13.2 Å². The van der Waals surface area contributed by atoms with Gasteiger partial charge in [-0.3, -0.25) is 4.99 Å². The summed E-state index contributed by atoms with van der Waals surface area (Å²) in [4.78, 5) is 3.99. The zero-order valence-corrected chi connectivity index (χ0v) is 15.7. The molecule has 152 valence electrons. The van der Waals surface area contributed by atoms with Crippen LogP contribution < -0.4 is 20.1 Å². The summed E-state index contributed by atoms with van der Waals surface area (Å²) in [6.07, 6.45) is -4.65. The van der Waals surface area contributed by atoms with Crippen molar-refractivity contribution < 1.29 is 27.0 Å². The van der Waals surface area contributed by atoms with Crippen molar-refractivity contribution in [3.63, 3.8) is 0 Å². The van der Waals surface area contributed by atoms with Crippen molar-refractivity contribution in [2.24, 2.45) is 4.99 Å². The van der Waals surface area contributed by atoms with Gasteiger partial charge in [-0.1, -0.05) is 6.07 Å². The molecule has 0 unspecified atom stereocenters. The SMILES string of the molecule is CN=C(NCc1ccc(OC)cc1OC)NCc1ccc(F)cc1C(F)(F)F. The molecule has 0 aromatic heterocycles. The molecule has 0 amide bonds. The predicted octanol–water partition coefficient (Wildman–Crippen LogP) is 3.73. The first kappa shape index (κ1) is 21.3. The highest BCUT2D eigenvalue weighted by Crippen LogP contribution is 2.32. The summed E-state index contributed by atoms with van der Waals surface area (Å²) in [6.45, 7) is 0.150. The van der Waals surface area contributed by atoms with Crippen molar-refractivity contribution in [1.82, 2.24) is 10.6 Å². The molecule has 2 aromatic carbocycles. The first-order chi connectivity index (χ1) is 13.3. The van der Waals surface area contributed by atoms with E-state index in [4.69, 9.17) is 9.47 Å². The van der Waals surface area contributed by atoms with E-state index >= 15 is 0 Å². The zero-order valence-electron chi connectivity index (χ0n) is 15.7. The molecule has 2 rings (SSSR count). The third kappa shape index (κ3) is 5.51. The summed E-state index contributed by atoms with van der Waals surface area (Å²) in [6, 6.07) is 7.87. The summed E-state index contributed by atoms with van der Waals surface area (Å²) in [7, 11) is 4.57. The second-order valence-corrected chi connectivity index (χ2v) is 5.76. The van der Waals surface area contributed by atoms with E-state index in [2.05, 4.69) is 15.6 Å². The van der Waals surface area contributed by atoms with Crippen molar-refractivity contribution >= 4 is 5.96 Å². The Kier molecular flexibility index (Phi) is 7.08. The molecule has 5 nitrogen and oxygen atoms in total. The second-order valence-electron chi connectivity index (χ2n) is 5.76. The third-order valence-electron chi connectivity index (χ3n) is 3.99. The lowest BCUT2D eigenvalue weighted by atomic mass is 10.1. The Labute approximate surface area is 160 Å². The maximum Gasteiger partial charge on any atom is 0.416 e. The van der Waals surface area contributed by atoms with Crippen molar-refractivity contribution in [3.8, 4) is 11.5 Å². The monoisotopic (exact) mass is 399 g/mol. The fraction of sp³-hybridized carbons (Fsp3) is 0.316. The Balaban J connectivity index is 2.05. The summed E-state index contributed by atoms with van der Waals surface area (Å²) >= 11 is 0. The Hall–Kier alpha value is -2.97. The van der Waals surface area contributed by atoms with E-state index in [1.165, 1.54) is 14.2 Å². The number of aliphatic imine (C=N–C) groups is 1. The lowest BCUT2D eigenvalue weighted by Gasteiger charge is -2.17. The first-order valence-electron chi connectivity index (χ1n) is 8.29. The van der Waals surface area contributed by atoms with Gasteiger partial charge in [0, 0.05) is 31.8 Å². The molecule has 0 aliphatic carbocycles. The predicted molar refractivity (Wildman–Crippen MR) is 98.0 cm³/mol. The van der Waals surface area contributed by atoms with E-state index in [0.717, 1.165) is 17.7 Å². The van der Waals surface area contributed by atoms with Crippen LogP contribution in [0.3, 0.4) is 0 Å². The maximum atomic E-state index is 13.2. The van der Waals surface area contributed by atoms with Crippen LogP contribution in [0.2, 0.25) is 0 Å². The van der Waals surface area contributed by atoms with Crippen LogP contribution in [-0.2, 0) is 19.3 Å². The molecule has 0 radical (unpaired) electrons. The molecular formula is C19H21F4N3O2. The molecule has 0 saturated heterocycles. The number of halogens is 4. The summed E-state index contributed by atoms with van der Waals surface area (Å²) < 4.78 is 62.9. The van der Waals surface area contributed by atoms with Gasteiger partial charge in [0.25, 0.3) is 0 Å². The Morgan fingerprint density at radius 3 is 2.18 bits per heavy atom. The van der Waals surface area contributed by atoms with E-state index < -0.39 is 17.6 Å². The van der Waals surface area contributed by atoms with E-state index in [9.17, 15) is 17.6 Å².